The summed E-state index contributed by atoms with van der Waals surface area (Å²) in [6.07, 6.45) is 0. The van der Waals surface area contributed by atoms with Crippen LogP contribution in [-0.2, 0) is 0 Å². The van der Waals surface area contributed by atoms with Crippen molar-refractivity contribution in [1.29, 1.82) is 0 Å². The minimum absolute atomic E-state index is 0.838. The van der Waals surface area contributed by atoms with Gasteiger partial charge in [-0.15, -0.1) is 11.3 Å². The van der Waals surface area contributed by atoms with Gasteiger partial charge in [-0.25, -0.2) is 9.97 Å². The first-order chi connectivity index (χ1) is 8.13. The molecule has 1 N–H and O–H groups in total. The maximum Gasteiger partial charge on any atom is 0.158 e. The fourth-order valence-corrected chi connectivity index (χ4v) is 3.01. The van der Waals surface area contributed by atoms with E-state index in [1.807, 2.05) is 18.4 Å². The quantitative estimate of drug-likeness (QED) is 0.736. The molecule has 0 aliphatic heterocycles. The summed E-state index contributed by atoms with van der Waals surface area (Å²) in [5.41, 5.74) is 4.12. The molecule has 5 heteroatoms. The first-order valence-electron chi connectivity index (χ1n) is 5.22. The van der Waals surface area contributed by atoms with Gasteiger partial charge in [-0.3, -0.25) is 0 Å². The number of fused-ring (bicyclic) bond motifs is 1. The van der Waals surface area contributed by atoms with Gasteiger partial charge < -0.3 is 4.98 Å². The number of halogens is 1. The van der Waals surface area contributed by atoms with Crippen LogP contribution >= 0.6 is 27.3 Å². The molecule has 0 unspecified atom stereocenters. The number of thiazole rings is 1. The van der Waals surface area contributed by atoms with Gasteiger partial charge in [-0.1, -0.05) is 15.9 Å². The average molecular weight is 308 g/mol. The maximum absolute atomic E-state index is 4.60. The molecular formula is C12H10BrN3S. The number of nitrogens with one attached hydrogen (secondary N) is 1. The van der Waals surface area contributed by atoms with Crippen LogP contribution in [0.4, 0.5) is 0 Å². The Balaban J connectivity index is 2.23. The first kappa shape index (κ1) is 10.9. The molecule has 0 aliphatic rings. The molecule has 3 rings (SSSR count). The van der Waals surface area contributed by atoms with Crippen molar-refractivity contribution in [2.24, 2.45) is 0 Å². The molecule has 0 saturated carbocycles. The number of imidazole rings is 1. The van der Waals surface area contributed by atoms with Crippen LogP contribution in [0.5, 0.6) is 0 Å². The van der Waals surface area contributed by atoms with E-state index in [-0.39, 0.29) is 0 Å². The second-order valence-corrected chi connectivity index (χ2v) is 5.93. The number of aryl methyl sites for hydroxylation is 2. The highest BCUT2D eigenvalue weighted by Gasteiger charge is 2.10. The van der Waals surface area contributed by atoms with E-state index in [9.17, 15) is 0 Å². The summed E-state index contributed by atoms with van der Waals surface area (Å²) >= 11 is 5.13. The third kappa shape index (κ3) is 1.89. The van der Waals surface area contributed by atoms with Crippen LogP contribution in [0.15, 0.2) is 22.0 Å². The van der Waals surface area contributed by atoms with Crippen LogP contribution in [0.3, 0.4) is 0 Å². The fraction of sp³-hybridized carbons (Fsp3) is 0.167. The lowest BCUT2D eigenvalue weighted by Gasteiger charge is -1.94. The Bertz CT molecular complexity index is 699. The summed E-state index contributed by atoms with van der Waals surface area (Å²) in [6.45, 7) is 4.06. The van der Waals surface area contributed by atoms with Gasteiger partial charge in [0.2, 0.25) is 0 Å². The minimum atomic E-state index is 0.838. The fourth-order valence-electron chi connectivity index (χ4n) is 1.84. The molecule has 1 aromatic carbocycles. The summed E-state index contributed by atoms with van der Waals surface area (Å²) < 4.78 is 1.06. The van der Waals surface area contributed by atoms with Gasteiger partial charge >= 0.3 is 0 Å². The molecule has 0 bridgehead atoms. The summed E-state index contributed by atoms with van der Waals surface area (Å²) in [7, 11) is 0. The van der Waals surface area contributed by atoms with Crippen molar-refractivity contribution in [2.45, 2.75) is 13.8 Å². The van der Waals surface area contributed by atoms with Crippen molar-refractivity contribution >= 4 is 38.3 Å². The zero-order valence-corrected chi connectivity index (χ0v) is 11.8. The Labute approximate surface area is 111 Å². The normalized spacial score (nSPS) is 11.2. The molecule has 3 nitrogen and oxygen atoms in total. The summed E-state index contributed by atoms with van der Waals surface area (Å²) in [6, 6.07) is 4.11. The number of hydrogen-bond acceptors (Lipinski definition) is 3. The zero-order chi connectivity index (χ0) is 12.0. The summed E-state index contributed by atoms with van der Waals surface area (Å²) in [4.78, 5) is 12.4. The topological polar surface area (TPSA) is 41.6 Å². The molecule has 0 spiro atoms. The van der Waals surface area contributed by atoms with E-state index in [4.69, 9.17) is 0 Å². The van der Waals surface area contributed by atoms with E-state index in [0.717, 1.165) is 37.6 Å². The Morgan fingerprint density at radius 1 is 1.24 bits per heavy atom. The molecule has 0 radical (unpaired) electrons. The second-order valence-electron chi connectivity index (χ2n) is 3.96. The lowest BCUT2D eigenvalue weighted by Crippen LogP contribution is -1.80. The smallest absolute Gasteiger partial charge is 0.158 e. The molecular weight excluding hydrogens is 298 g/mol. The summed E-state index contributed by atoms with van der Waals surface area (Å²) in [5.74, 6) is 0.838. The Kier molecular flexibility index (Phi) is 2.52. The van der Waals surface area contributed by atoms with E-state index in [1.165, 1.54) is 0 Å². The van der Waals surface area contributed by atoms with Gasteiger partial charge in [0.25, 0.3) is 0 Å². The largest absolute Gasteiger partial charge is 0.337 e. The van der Waals surface area contributed by atoms with Gasteiger partial charge in [-0.05, 0) is 31.5 Å². The van der Waals surface area contributed by atoms with Crippen LogP contribution < -0.4 is 0 Å². The van der Waals surface area contributed by atoms with Gasteiger partial charge in [-0.2, -0.15) is 0 Å². The summed E-state index contributed by atoms with van der Waals surface area (Å²) in [5, 5.41) is 3.08. The number of H-pyrrole nitrogens is 1. The van der Waals surface area contributed by atoms with E-state index in [0.29, 0.717) is 0 Å². The molecule has 0 atom stereocenters. The number of nitrogens with zero attached hydrogens (tertiary/aromatic N) is 2. The third-order valence-electron chi connectivity index (χ3n) is 2.60. The van der Waals surface area contributed by atoms with Crippen LogP contribution in [0, 0.1) is 13.8 Å². The molecule has 3 aromatic rings. The van der Waals surface area contributed by atoms with Crippen molar-refractivity contribution in [3.8, 4) is 11.5 Å². The van der Waals surface area contributed by atoms with Gasteiger partial charge in [0.1, 0.15) is 5.69 Å². The van der Waals surface area contributed by atoms with Crippen molar-refractivity contribution in [3.63, 3.8) is 0 Å². The van der Waals surface area contributed by atoms with Crippen molar-refractivity contribution in [1.82, 2.24) is 15.0 Å². The van der Waals surface area contributed by atoms with Crippen molar-refractivity contribution in [3.05, 3.63) is 32.6 Å². The molecule has 0 saturated heterocycles. The van der Waals surface area contributed by atoms with Crippen LogP contribution in [0.2, 0.25) is 0 Å². The third-order valence-corrected chi connectivity index (χ3v) is 3.83. The lowest BCUT2D eigenvalue weighted by atomic mass is 10.2. The molecule has 0 aliphatic carbocycles. The van der Waals surface area contributed by atoms with Crippen molar-refractivity contribution in [2.75, 3.05) is 0 Å². The highest BCUT2D eigenvalue weighted by atomic mass is 79.9. The monoisotopic (exact) mass is 307 g/mol. The van der Waals surface area contributed by atoms with Gasteiger partial charge in [0.15, 0.2) is 5.82 Å². The molecule has 2 heterocycles. The lowest BCUT2D eigenvalue weighted by molar-refractivity contribution is 1.23. The Morgan fingerprint density at radius 3 is 2.76 bits per heavy atom. The van der Waals surface area contributed by atoms with Crippen molar-refractivity contribution < 1.29 is 0 Å². The molecule has 0 fully saturated rings. The predicted molar refractivity (Wildman–Crippen MR) is 74.4 cm³/mol. The van der Waals surface area contributed by atoms with E-state index < -0.39 is 0 Å². The van der Waals surface area contributed by atoms with E-state index >= 15 is 0 Å². The number of hydrogen-bond donors (Lipinski definition) is 1. The van der Waals surface area contributed by atoms with E-state index in [2.05, 4.69) is 43.9 Å². The first-order valence-corrected chi connectivity index (χ1v) is 6.89. The molecule has 17 heavy (non-hydrogen) atoms. The average Bonchev–Trinajstić information content (AvgIpc) is 2.83. The predicted octanol–water partition coefficient (Wildman–Crippen LogP) is 4.07. The highest BCUT2D eigenvalue weighted by molar-refractivity contribution is 9.10. The van der Waals surface area contributed by atoms with Gasteiger partial charge in [0, 0.05) is 9.85 Å². The molecule has 86 valence electrons. The highest BCUT2D eigenvalue weighted by Crippen LogP contribution is 2.26. The van der Waals surface area contributed by atoms with Crippen LogP contribution in [-0.4, -0.2) is 15.0 Å². The minimum Gasteiger partial charge on any atom is -0.337 e. The number of rotatable bonds is 1. The molecule has 2 aromatic heterocycles. The zero-order valence-electron chi connectivity index (χ0n) is 9.41. The molecule has 0 amide bonds. The number of aromatic nitrogens is 3. The standard InChI is InChI=1S/C12H10BrN3S/c1-6-3-8(13)4-9-11(6)16-12(15-9)10-5-17-7(2)14-10/h3-5H,1-2H3,(H,15,16). The maximum atomic E-state index is 4.60. The van der Waals surface area contributed by atoms with Gasteiger partial charge in [0.05, 0.1) is 16.0 Å². The Morgan fingerprint density at radius 2 is 2.06 bits per heavy atom. The Hall–Kier alpha value is -1.20. The second kappa shape index (κ2) is 3.92. The number of aromatic amines is 1. The van der Waals surface area contributed by atoms with Crippen LogP contribution in [0.25, 0.3) is 22.6 Å². The number of benzene rings is 1. The SMILES string of the molecule is Cc1nc(-c2nc3c(C)cc(Br)cc3[nH]2)cs1. The van der Waals surface area contributed by atoms with E-state index in [1.54, 1.807) is 11.3 Å². The van der Waals surface area contributed by atoms with Crippen LogP contribution in [0.1, 0.15) is 10.6 Å².